The molecule has 0 radical (unpaired) electrons. The predicted molar refractivity (Wildman–Crippen MR) is 90.8 cm³/mol. The standard InChI is InChI=1S/C18H12F3N3O2/c1-26-12-5-3-11(4-6-12)24-17(25)14-9-22-15-8-10(18(19,20)21)2-7-13(15)16(14)23-24/h2-9,23H,1H3. The van der Waals surface area contributed by atoms with Crippen LogP contribution < -0.4 is 10.3 Å². The molecule has 0 atom stereocenters. The molecule has 4 rings (SSSR count). The van der Waals surface area contributed by atoms with Gasteiger partial charge in [0.05, 0.1) is 34.8 Å². The molecule has 0 saturated heterocycles. The molecule has 0 saturated carbocycles. The Bertz CT molecular complexity index is 1170. The van der Waals surface area contributed by atoms with Crippen LogP contribution in [0.3, 0.4) is 0 Å². The minimum atomic E-state index is -4.45. The Balaban J connectivity index is 1.93. The molecule has 0 bridgehead atoms. The van der Waals surface area contributed by atoms with Crippen molar-refractivity contribution in [2.75, 3.05) is 7.11 Å². The fraction of sp³-hybridized carbons (Fsp3) is 0.111. The second kappa shape index (κ2) is 5.62. The Labute approximate surface area is 144 Å². The lowest BCUT2D eigenvalue weighted by Gasteiger charge is -2.07. The molecular formula is C18H12F3N3O2. The summed E-state index contributed by atoms with van der Waals surface area (Å²) in [7, 11) is 1.54. The van der Waals surface area contributed by atoms with E-state index in [0.29, 0.717) is 27.7 Å². The summed E-state index contributed by atoms with van der Waals surface area (Å²) < 4.78 is 45.1. The summed E-state index contributed by atoms with van der Waals surface area (Å²) in [6.07, 6.45) is -3.16. The third-order valence-corrected chi connectivity index (χ3v) is 4.18. The zero-order chi connectivity index (χ0) is 18.5. The minimum absolute atomic E-state index is 0.162. The number of H-pyrrole nitrogens is 1. The van der Waals surface area contributed by atoms with Crippen molar-refractivity contribution in [3.8, 4) is 11.4 Å². The SMILES string of the molecule is COc1ccc(-n2[nH]c3c(cnc4cc(C(F)(F)F)ccc43)c2=O)cc1. The number of pyridine rings is 1. The van der Waals surface area contributed by atoms with Gasteiger partial charge in [-0.25, -0.2) is 4.68 Å². The van der Waals surface area contributed by atoms with Gasteiger partial charge in [0.2, 0.25) is 0 Å². The summed E-state index contributed by atoms with van der Waals surface area (Å²) in [6.45, 7) is 0. The summed E-state index contributed by atoms with van der Waals surface area (Å²) in [6, 6.07) is 10.1. The van der Waals surface area contributed by atoms with Crippen molar-refractivity contribution in [1.82, 2.24) is 14.8 Å². The van der Waals surface area contributed by atoms with Crippen molar-refractivity contribution >= 4 is 21.8 Å². The van der Waals surface area contributed by atoms with E-state index in [-0.39, 0.29) is 11.1 Å². The number of alkyl halides is 3. The van der Waals surface area contributed by atoms with Gasteiger partial charge in [0.1, 0.15) is 5.75 Å². The number of benzene rings is 2. The molecule has 0 aliphatic carbocycles. The first-order valence-electron chi connectivity index (χ1n) is 7.63. The average Bonchev–Trinajstić information content (AvgIpc) is 2.98. The Hall–Kier alpha value is -3.29. The number of ether oxygens (including phenoxy) is 1. The Morgan fingerprint density at radius 1 is 1.08 bits per heavy atom. The second-order valence-electron chi connectivity index (χ2n) is 5.73. The van der Waals surface area contributed by atoms with Crippen LogP contribution in [0.25, 0.3) is 27.5 Å². The fourth-order valence-corrected chi connectivity index (χ4v) is 2.85. The maximum atomic E-state index is 12.9. The van der Waals surface area contributed by atoms with Gasteiger partial charge in [-0.2, -0.15) is 13.2 Å². The molecular weight excluding hydrogens is 347 g/mol. The van der Waals surface area contributed by atoms with Crippen LogP contribution >= 0.6 is 0 Å². The van der Waals surface area contributed by atoms with E-state index >= 15 is 0 Å². The number of hydrogen-bond donors (Lipinski definition) is 1. The maximum absolute atomic E-state index is 12.9. The lowest BCUT2D eigenvalue weighted by Crippen LogP contribution is -2.14. The van der Waals surface area contributed by atoms with Gasteiger partial charge in [-0.15, -0.1) is 0 Å². The molecule has 1 N–H and O–H groups in total. The number of methoxy groups -OCH3 is 1. The quantitative estimate of drug-likeness (QED) is 0.591. The van der Waals surface area contributed by atoms with Crippen molar-refractivity contribution in [2.45, 2.75) is 6.18 Å². The van der Waals surface area contributed by atoms with Crippen LogP contribution in [0.15, 0.2) is 53.5 Å². The Morgan fingerprint density at radius 3 is 2.46 bits per heavy atom. The number of nitrogens with zero attached hydrogens (tertiary/aromatic N) is 2. The van der Waals surface area contributed by atoms with Crippen LogP contribution in [0.1, 0.15) is 5.56 Å². The van der Waals surface area contributed by atoms with Gasteiger partial charge in [-0.3, -0.25) is 14.9 Å². The largest absolute Gasteiger partial charge is 0.497 e. The second-order valence-corrected chi connectivity index (χ2v) is 5.73. The third kappa shape index (κ3) is 2.50. The number of rotatable bonds is 2. The lowest BCUT2D eigenvalue weighted by atomic mass is 10.1. The van der Waals surface area contributed by atoms with E-state index in [1.165, 1.54) is 24.1 Å². The average molecular weight is 359 g/mol. The molecule has 26 heavy (non-hydrogen) atoms. The normalized spacial score (nSPS) is 12.0. The van der Waals surface area contributed by atoms with Crippen LogP contribution in [0.2, 0.25) is 0 Å². The minimum Gasteiger partial charge on any atom is -0.497 e. The van der Waals surface area contributed by atoms with E-state index < -0.39 is 11.7 Å². The topological polar surface area (TPSA) is 59.9 Å². The van der Waals surface area contributed by atoms with Crippen LogP contribution in [0, 0.1) is 0 Å². The summed E-state index contributed by atoms with van der Waals surface area (Å²) >= 11 is 0. The molecule has 0 spiro atoms. The highest BCUT2D eigenvalue weighted by Crippen LogP contribution is 2.32. The Kier molecular flexibility index (Phi) is 3.50. The van der Waals surface area contributed by atoms with E-state index in [2.05, 4.69) is 10.1 Å². The predicted octanol–water partition coefficient (Wildman–Crippen LogP) is 3.89. The van der Waals surface area contributed by atoms with Crippen molar-refractivity contribution in [3.63, 3.8) is 0 Å². The molecule has 4 aromatic rings. The first-order chi connectivity index (χ1) is 12.4. The molecule has 0 amide bonds. The van der Waals surface area contributed by atoms with Gasteiger partial charge >= 0.3 is 6.18 Å². The molecule has 0 fully saturated rings. The molecule has 5 nitrogen and oxygen atoms in total. The summed E-state index contributed by atoms with van der Waals surface area (Å²) in [5, 5.41) is 3.70. The van der Waals surface area contributed by atoms with Crippen molar-refractivity contribution in [1.29, 1.82) is 0 Å². The van der Waals surface area contributed by atoms with Crippen molar-refractivity contribution in [3.05, 3.63) is 64.6 Å². The van der Waals surface area contributed by atoms with Gasteiger partial charge < -0.3 is 4.74 Å². The third-order valence-electron chi connectivity index (χ3n) is 4.18. The molecule has 8 heteroatoms. The van der Waals surface area contributed by atoms with Crippen molar-refractivity contribution in [2.24, 2.45) is 0 Å². The van der Waals surface area contributed by atoms with Gasteiger partial charge in [0.25, 0.3) is 5.56 Å². The fourth-order valence-electron chi connectivity index (χ4n) is 2.85. The van der Waals surface area contributed by atoms with Gasteiger partial charge in [-0.1, -0.05) is 6.07 Å². The van der Waals surface area contributed by atoms with Crippen LogP contribution in [-0.2, 0) is 6.18 Å². The zero-order valence-corrected chi connectivity index (χ0v) is 13.5. The van der Waals surface area contributed by atoms with E-state index in [1.54, 1.807) is 24.3 Å². The number of fused-ring (bicyclic) bond motifs is 3. The van der Waals surface area contributed by atoms with Gasteiger partial charge in [0.15, 0.2) is 0 Å². The number of halogens is 3. The first-order valence-corrected chi connectivity index (χ1v) is 7.63. The van der Waals surface area contributed by atoms with E-state index in [4.69, 9.17) is 4.74 Å². The smallest absolute Gasteiger partial charge is 0.416 e. The van der Waals surface area contributed by atoms with Crippen LogP contribution in [0.4, 0.5) is 13.2 Å². The van der Waals surface area contributed by atoms with Gasteiger partial charge in [-0.05, 0) is 36.4 Å². The summed E-state index contributed by atoms with van der Waals surface area (Å²) in [5.74, 6) is 0.643. The van der Waals surface area contributed by atoms with E-state index in [9.17, 15) is 18.0 Å². The van der Waals surface area contributed by atoms with Crippen LogP contribution in [-0.4, -0.2) is 21.9 Å². The highest BCUT2D eigenvalue weighted by molar-refractivity contribution is 6.02. The molecule has 2 aromatic carbocycles. The molecule has 2 heterocycles. The zero-order valence-electron chi connectivity index (χ0n) is 13.5. The molecule has 2 aromatic heterocycles. The highest BCUT2D eigenvalue weighted by atomic mass is 19.4. The molecule has 0 aliphatic heterocycles. The summed E-state index contributed by atoms with van der Waals surface area (Å²) in [4.78, 5) is 16.7. The first kappa shape index (κ1) is 16.2. The van der Waals surface area contributed by atoms with E-state index in [1.807, 2.05) is 0 Å². The molecule has 0 unspecified atom stereocenters. The number of hydrogen-bond acceptors (Lipinski definition) is 3. The van der Waals surface area contributed by atoms with Gasteiger partial charge in [0, 0.05) is 11.6 Å². The number of aromatic nitrogens is 3. The van der Waals surface area contributed by atoms with Crippen LogP contribution in [0.5, 0.6) is 5.75 Å². The van der Waals surface area contributed by atoms with Crippen molar-refractivity contribution < 1.29 is 17.9 Å². The lowest BCUT2D eigenvalue weighted by molar-refractivity contribution is -0.137. The maximum Gasteiger partial charge on any atom is 0.416 e. The number of aromatic amines is 1. The van der Waals surface area contributed by atoms with E-state index in [0.717, 1.165) is 12.1 Å². The number of nitrogens with one attached hydrogen (secondary N) is 1. The highest BCUT2D eigenvalue weighted by Gasteiger charge is 2.30. The monoisotopic (exact) mass is 359 g/mol. The Morgan fingerprint density at radius 2 is 1.81 bits per heavy atom. The molecule has 0 aliphatic rings. The summed E-state index contributed by atoms with van der Waals surface area (Å²) in [5.41, 5.74) is 0.0558. The molecule has 132 valence electrons.